The standard InChI is InChI=1S/C26H24N2O3/c1-18-11-13-20(14-12-18)25(29)24(15-21-16-27-23-10-6-5-9-22(21)23)28-26(30)31-17-19-7-3-2-4-8-19/h2-14,16,24,27H,15,17H2,1H3,(H,28,30). The van der Waals surface area contributed by atoms with E-state index in [-0.39, 0.29) is 12.4 Å². The van der Waals surface area contributed by atoms with Crippen LogP contribution in [0.3, 0.4) is 0 Å². The maximum absolute atomic E-state index is 13.2. The highest BCUT2D eigenvalue weighted by Crippen LogP contribution is 2.20. The number of aryl methyl sites for hydroxylation is 1. The fourth-order valence-corrected chi connectivity index (χ4v) is 3.56. The number of aromatic amines is 1. The topological polar surface area (TPSA) is 71.2 Å². The minimum Gasteiger partial charge on any atom is -0.445 e. The molecule has 3 aromatic carbocycles. The van der Waals surface area contributed by atoms with Crippen molar-refractivity contribution in [3.8, 4) is 0 Å². The Kier molecular flexibility index (Phi) is 6.13. The van der Waals surface area contributed by atoms with Gasteiger partial charge in [-0.1, -0.05) is 78.4 Å². The number of amides is 1. The molecule has 4 aromatic rings. The maximum atomic E-state index is 13.2. The van der Waals surface area contributed by atoms with Crippen LogP contribution in [0, 0.1) is 6.92 Å². The smallest absolute Gasteiger partial charge is 0.408 e. The van der Waals surface area contributed by atoms with Crippen molar-refractivity contribution in [3.05, 3.63) is 107 Å². The highest BCUT2D eigenvalue weighted by molar-refractivity contribution is 6.02. The summed E-state index contributed by atoms with van der Waals surface area (Å²) in [6.07, 6.45) is 1.63. The zero-order chi connectivity index (χ0) is 21.6. The zero-order valence-corrected chi connectivity index (χ0v) is 17.3. The number of aromatic nitrogens is 1. The third-order valence-corrected chi connectivity index (χ3v) is 5.26. The van der Waals surface area contributed by atoms with E-state index in [1.165, 1.54) is 0 Å². The molecule has 0 fully saturated rings. The lowest BCUT2D eigenvalue weighted by Crippen LogP contribution is -2.42. The third-order valence-electron chi connectivity index (χ3n) is 5.26. The van der Waals surface area contributed by atoms with Gasteiger partial charge in [-0.25, -0.2) is 4.79 Å². The fraction of sp³-hybridized carbons (Fsp3) is 0.154. The zero-order valence-electron chi connectivity index (χ0n) is 17.3. The highest BCUT2D eigenvalue weighted by Gasteiger charge is 2.24. The van der Waals surface area contributed by atoms with E-state index < -0.39 is 12.1 Å². The van der Waals surface area contributed by atoms with Gasteiger partial charge in [0.05, 0.1) is 6.04 Å². The molecule has 1 aromatic heterocycles. The molecule has 156 valence electrons. The number of rotatable bonds is 7. The number of alkyl carbamates (subject to hydrolysis) is 1. The number of ether oxygens (including phenoxy) is 1. The molecular weight excluding hydrogens is 388 g/mol. The molecule has 0 bridgehead atoms. The Morgan fingerprint density at radius 1 is 0.935 bits per heavy atom. The minimum absolute atomic E-state index is 0.144. The number of para-hydroxylation sites is 1. The van der Waals surface area contributed by atoms with Crippen LogP contribution in [-0.2, 0) is 17.8 Å². The predicted molar refractivity (Wildman–Crippen MR) is 121 cm³/mol. The van der Waals surface area contributed by atoms with Gasteiger partial charge >= 0.3 is 6.09 Å². The second-order valence-corrected chi connectivity index (χ2v) is 7.55. The van der Waals surface area contributed by atoms with Gasteiger partial charge in [-0.3, -0.25) is 4.79 Å². The van der Waals surface area contributed by atoms with Gasteiger partial charge in [0.1, 0.15) is 6.61 Å². The lowest BCUT2D eigenvalue weighted by molar-refractivity contribution is 0.0916. The molecule has 0 aliphatic carbocycles. The fourth-order valence-electron chi connectivity index (χ4n) is 3.56. The molecular formula is C26H24N2O3. The molecule has 0 spiro atoms. The van der Waals surface area contributed by atoms with Crippen molar-refractivity contribution in [1.82, 2.24) is 10.3 Å². The Bertz CT molecular complexity index is 1180. The van der Waals surface area contributed by atoms with E-state index in [1.54, 1.807) is 12.1 Å². The molecule has 0 saturated carbocycles. The molecule has 5 heteroatoms. The molecule has 1 atom stereocenters. The molecule has 0 aliphatic rings. The van der Waals surface area contributed by atoms with Gasteiger partial charge < -0.3 is 15.0 Å². The molecule has 0 saturated heterocycles. The summed E-state index contributed by atoms with van der Waals surface area (Å²) in [5.74, 6) is -0.151. The van der Waals surface area contributed by atoms with Crippen molar-refractivity contribution in [2.24, 2.45) is 0 Å². The number of H-pyrrole nitrogens is 1. The van der Waals surface area contributed by atoms with E-state index in [1.807, 2.05) is 79.9 Å². The number of hydrogen-bond donors (Lipinski definition) is 2. The maximum Gasteiger partial charge on any atom is 0.408 e. The summed E-state index contributed by atoms with van der Waals surface area (Å²) in [4.78, 5) is 29.0. The molecule has 4 rings (SSSR count). The monoisotopic (exact) mass is 412 g/mol. The van der Waals surface area contributed by atoms with Crippen molar-refractivity contribution in [1.29, 1.82) is 0 Å². The van der Waals surface area contributed by atoms with Crippen molar-refractivity contribution >= 4 is 22.8 Å². The molecule has 5 nitrogen and oxygen atoms in total. The Labute approximate surface area is 181 Å². The van der Waals surface area contributed by atoms with Crippen LogP contribution in [0.4, 0.5) is 4.79 Å². The first-order valence-corrected chi connectivity index (χ1v) is 10.2. The van der Waals surface area contributed by atoms with Crippen LogP contribution in [0.2, 0.25) is 0 Å². The van der Waals surface area contributed by atoms with E-state index in [9.17, 15) is 9.59 Å². The van der Waals surface area contributed by atoms with Gasteiger partial charge in [0.25, 0.3) is 0 Å². The van der Waals surface area contributed by atoms with Gasteiger partial charge in [-0.15, -0.1) is 0 Å². The molecule has 0 aliphatic heterocycles. The lowest BCUT2D eigenvalue weighted by Gasteiger charge is -2.18. The predicted octanol–water partition coefficient (Wildman–Crippen LogP) is 5.20. The van der Waals surface area contributed by atoms with Crippen molar-refractivity contribution < 1.29 is 14.3 Å². The average Bonchev–Trinajstić information content (AvgIpc) is 3.21. The number of Topliss-reactive ketones (excluding diaryl/α,β-unsaturated/α-hetero) is 1. The Morgan fingerprint density at radius 3 is 2.42 bits per heavy atom. The average molecular weight is 412 g/mol. The van der Waals surface area contributed by atoms with E-state index in [4.69, 9.17) is 4.74 Å². The van der Waals surface area contributed by atoms with Crippen molar-refractivity contribution in [3.63, 3.8) is 0 Å². The highest BCUT2D eigenvalue weighted by atomic mass is 16.5. The Morgan fingerprint density at radius 2 is 1.65 bits per heavy atom. The summed E-state index contributed by atoms with van der Waals surface area (Å²) in [6, 6.07) is 24.0. The molecule has 0 radical (unpaired) electrons. The molecule has 2 N–H and O–H groups in total. The number of hydrogen-bond acceptors (Lipinski definition) is 3. The van der Waals surface area contributed by atoms with Crippen molar-refractivity contribution in [2.45, 2.75) is 26.0 Å². The lowest BCUT2D eigenvalue weighted by atomic mass is 9.97. The first-order valence-electron chi connectivity index (χ1n) is 10.2. The number of ketones is 1. The second kappa shape index (κ2) is 9.30. The molecule has 31 heavy (non-hydrogen) atoms. The first-order chi connectivity index (χ1) is 15.1. The van der Waals surface area contributed by atoms with Gasteiger partial charge in [0.2, 0.25) is 0 Å². The summed E-state index contributed by atoms with van der Waals surface area (Å²) < 4.78 is 5.36. The normalized spacial score (nSPS) is 11.8. The van der Waals surface area contributed by atoms with Crippen LogP contribution in [0.25, 0.3) is 10.9 Å². The Balaban J connectivity index is 1.53. The second-order valence-electron chi connectivity index (χ2n) is 7.55. The van der Waals surface area contributed by atoms with Crippen LogP contribution >= 0.6 is 0 Å². The van der Waals surface area contributed by atoms with Crippen LogP contribution < -0.4 is 5.32 Å². The van der Waals surface area contributed by atoms with Crippen LogP contribution in [0.5, 0.6) is 0 Å². The largest absolute Gasteiger partial charge is 0.445 e. The van der Waals surface area contributed by atoms with Gasteiger partial charge in [0.15, 0.2) is 5.78 Å². The molecule has 1 unspecified atom stereocenters. The summed E-state index contributed by atoms with van der Waals surface area (Å²) in [5, 5.41) is 3.81. The first kappa shape index (κ1) is 20.4. The SMILES string of the molecule is Cc1ccc(C(=O)C(Cc2c[nH]c3ccccc23)NC(=O)OCc2ccccc2)cc1. The van der Waals surface area contributed by atoms with Gasteiger partial charge in [-0.2, -0.15) is 0 Å². The number of carbonyl (C=O) groups is 2. The number of carbonyl (C=O) groups excluding carboxylic acids is 2. The minimum atomic E-state index is -0.745. The number of fused-ring (bicyclic) bond motifs is 1. The van der Waals surface area contributed by atoms with Crippen LogP contribution in [0.15, 0.2) is 85.1 Å². The number of nitrogens with one attached hydrogen (secondary N) is 2. The molecule has 1 heterocycles. The van der Waals surface area contributed by atoms with E-state index in [0.29, 0.717) is 12.0 Å². The summed E-state index contributed by atoms with van der Waals surface area (Å²) in [7, 11) is 0. The molecule has 1 amide bonds. The van der Waals surface area contributed by atoms with E-state index >= 15 is 0 Å². The quantitative estimate of drug-likeness (QED) is 0.410. The Hall–Kier alpha value is -3.86. The van der Waals surface area contributed by atoms with Crippen LogP contribution in [-0.4, -0.2) is 22.9 Å². The van der Waals surface area contributed by atoms with Crippen LogP contribution in [0.1, 0.15) is 27.0 Å². The van der Waals surface area contributed by atoms with Crippen molar-refractivity contribution in [2.75, 3.05) is 0 Å². The number of benzene rings is 3. The van der Waals surface area contributed by atoms with Gasteiger partial charge in [0, 0.05) is 29.1 Å². The van der Waals surface area contributed by atoms with Gasteiger partial charge in [-0.05, 0) is 24.1 Å². The van der Waals surface area contributed by atoms with E-state index in [2.05, 4.69) is 10.3 Å². The summed E-state index contributed by atoms with van der Waals surface area (Å²) in [5.41, 5.74) is 4.46. The summed E-state index contributed by atoms with van der Waals surface area (Å²) in [6.45, 7) is 2.11. The van der Waals surface area contributed by atoms with E-state index in [0.717, 1.165) is 27.6 Å². The summed E-state index contributed by atoms with van der Waals surface area (Å²) >= 11 is 0. The third kappa shape index (κ3) is 5.01.